The van der Waals surface area contributed by atoms with Crippen LogP contribution in [-0.2, 0) is 0 Å². The molecular formula is C16H11N3O2S. The van der Waals surface area contributed by atoms with E-state index in [2.05, 4.69) is 15.5 Å². The maximum absolute atomic E-state index is 12.6. The molecule has 3 aromatic rings. The van der Waals surface area contributed by atoms with Gasteiger partial charge in [0.1, 0.15) is 5.51 Å². The van der Waals surface area contributed by atoms with Crippen molar-refractivity contribution in [1.29, 1.82) is 0 Å². The molecule has 3 rings (SSSR count). The smallest absolute Gasteiger partial charge is 0.258 e. The van der Waals surface area contributed by atoms with Gasteiger partial charge >= 0.3 is 0 Å². The third-order valence-corrected chi connectivity index (χ3v) is 3.64. The third-order valence-electron chi connectivity index (χ3n) is 3.03. The number of hydrogen-bond donors (Lipinski definition) is 1. The number of anilines is 1. The minimum Gasteiger partial charge on any atom is -0.296 e. The molecule has 108 valence electrons. The van der Waals surface area contributed by atoms with Gasteiger partial charge in [-0.1, -0.05) is 59.9 Å². The van der Waals surface area contributed by atoms with Gasteiger partial charge in [0.25, 0.3) is 5.91 Å². The number of hydrogen-bond acceptors (Lipinski definition) is 5. The molecule has 0 aliphatic rings. The highest BCUT2D eigenvalue weighted by Gasteiger charge is 2.18. The van der Waals surface area contributed by atoms with Crippen LogP contribution < -0.4 is 5.32 Å². The van der Waals surface area contributed by atoms with Gasteiger partial charge in [0.2, 0.25) is 5.13 Å². The number of nitrogens with zero attached hydrogens (tertiary/aromatic N) is 2. The molecule has 0 saturated carbocycles. The Morgan fingerprint density at radius 3 is 2.27 bits per heavy atom. The lowest BCUT2D eigenvalue weighted by Gasteiger charge is -2.08. The number of amides is 1. The molecule has 1 heterocycles. The van der Waals surface area contributed by atoms with Gasteiger partial charge in [0.15, 0.2) is 5.78 Å². The Labute approximate surface area is 130 Å². The van der Waals surface area contributed by atoms with Crippen molar-refractivity contribution in [3.8, 4) is 0 Å². The number of rotatable bonds is 4. The molecule has 0 saturated heterocycles. The van der Waals surface area contributed by atoms with E-state index in [-0.39, 0.29) is 11.7 Å². The largest absolute Gasteiger partial charge is 0.296 e. The van der Waals surface area contributed by atoms with Crippen LogP contribution in [0.3, 0.4) is 0 Å². The first-order valence-electron chi connectivity index (χ1n) is 6.52. The molecule has 0 bridgehead atoms. The van der Waals surface area contributed by atoms with Crippen molar-refractivity contribution in [3.63, 3.8) is 0 Å². The van der Waals surface area contributed by atoms with Crippen LogP contribution in [0.4, 0.5) is 5.13 Å². The SMILES string of the molecule is O=C(Nc1nncs1)c1ccccc1C(=O)c1ccccc1. The Balaban J connectivity index is 1.93. The average molecular weight is 309 g/mol. The van der Waals surface area contributed by atoms with Crippen molar-refractivity contribution in [2.45, 2.75) is 0 Å². The van der Waals surface area contributed by atoms with Crippen LogP contribution in [0.5, 0.6) is 0 Å². The lowest BCUT2D eigenvalue weighted by molar-refractivity contribution is 0.0996. The van der Waals surface area contributed by atoms with E-state index in [1.165, 1.54) is 16.8 Å². The molecule has 6 heteroatoms. The third kappa shape index (κ3) is 2.91. The van der Waals surface area contributed by atoms with Gasteiger partial charge in [-0.3, -0.25) is 14.9 Å². The molecule has 22 heavy (non-hydrogen) atoms. The standard InChI is InChI=1S/C16H11N3O2S/c20-14(11-6-2-1-3-7-11)12-8-4-5-9-13(12)15(21)18-16-19-17-10-22-16/h1-10H,(H,18,19,21). The number of nitrogens with one attached hydrogen (secondary N) is 1. The van der Waals surface area contributed by atoms with Crippen LogP contribution in [0.2, 0.25) is 0 Å². The highest BCUT2D eigenvalue weighted by Crippen LogP contribution is 2.17. The summed E-state index contributed by atoms with van der Waals surface area (Å²) < 4.78 is 0. The summed E-state index contributed by atoms with van der Waals surface area (Å²) in [5.41, 5.74) is 2.73. The Bertz CT molecular complexity index is 801. The molecule has 5 nitrogen and oxygen atoms in total. The van der Waals surface area contributed by atoms with E-state index in [1.807, 2.05) is 6.07 Å². The molecule has 0 fully saturated rings. The minimum absolute atomic E-state index is 0.191. The average Bonchev–Trinajstić information content (AvgIpc) is 3.08. The zero-order valence-electron chi connectivity index (χ0n) is 11.4. The first-order chi connectivity index (χ1) is 10.8. The van der Waals surface area contributed by atoms with E-state index in [9.17, 15) is 9.59 Å². The maximum Gasteiger partial charge on any atom is 0.258 e. The Hall–Kier alpha value is -2.86. The fraction of sp³-hybridized carbons (Fsp3) is 0. The fourth-order valence-electron chi connectivity index (χ4n) is 2.02. The molecule has 2 aromatic carbocycles. The van der Waals surface area contributed by atoms with Crippen LogP contribution >= 0.6 is 11.3 Å². The van der Waals surface area contributed by atoms with Crippen LogP contribution in [0.25, 0.3) is 0 Å². The van der Waals surface area contributed by atoms with Crippen LogP contribution in [-0.4, -0.2) is 21.9 Å². The summed E-state index contributed by atoms with van der Waals surface area (Å²) >= 11 is 1.22. The summed E-state index contributed by atoms with van der Waals surface area (Å²) in [5, 5.41) is 10.5. The number of ketones is 1. The summed E-state index contributed by atoms with van der Waals surface area (Å²) in [7, 11) is 0. The first-order valence-corrected chi connectivity index (χ1v) is 7.40. The summed E-state index contributed by atoms with van der Waals surface area (Å²) in [6.45, 7) is 0. The van der Waals surface area contributed by atoms with Crippen LogP contribution in [0.15, 0.2) is 60.1 Å². The molecular weight excluding hydrogens is 298 g/mol. The Kier molecular flexibility index (Phi) is 4.02. The van der Waals surface area contributed by atoms with Crippen LogP contribution in [0, 0.1) is 0 Å². The monoisotopic (exact) mass is 309 g/mol. The van der Waals surface area contributed by atoms with Crippen molar-refractivity contribution in [2.75, 3.05) is 5.32 Å². The van der Waals surface area contributed by atoms with E-state index in [0.29, 0.717) is 21.8 Å². The highest BCUT2D eigenvalue weighted by atomic mass is 32.1. The van der Waals surface area contributed by atoms with E-state index in [0.717, 1.165) is 0 Å². The second-order valence-corrected chi connectivity index (χ2v) is 5.27. The maximum atomic E-state index is 12.6. The van der Waals surface area contributed by atoms with Gasteiger partial charge in [-0.25, -0.2) is 0 Å². The van der Waals surface area contributed by atoms with Crippen molar-refractivity contribution in [2.24, 2.45) is 0 Å². The predicted octanol–water partition coefficient (Wildman–Crippen LogP) is 3.02. The van der Waals surface area contributed by atoms with Gasteiger partial charge in [0, 0.05) is 11.1 Å². The van der Waals surface area contributed by atoms with Gasteiger partial charge in [-0.05, 0) is 6.07 Å². The van der Waals surface area contributed by atoms with Crippen molar-refractivity contribution in [1.82, 2.24) is 10.2 Å². The summed E-state index contributed by atoms with van der Waals surface area (Å²) in [6.07, 6.45) is 0. The van der Waals surface area contributed by atoms with Gasteiger partial charge < -0.3 is 0 Å². The topological polar surface area (TPSA) is 72.0 Å². The molecule has 0 radical (unpaired) electrons. The zero-order valence-corrected chi connectivity index (χ0v) is 12.2. The molecule has 1 aromatic heterocycles. The molecule has 0 aliphatic heterocycles. The van der Waals surface area contributed by atoms with Crippen LogP contribution in [0.1, 0.15) is 26.3 Å². The number of carbonyl (C=O) groups is 2. The van der Waals surface area contributed by atoms with Crippen molar-refractivity contribution in [3.05, 3.63) is 76.8 Å². The van der Waals surface area contributed by atoms with E-state index in [4.69, 9.17) is 0 Å². The highest BCUT2D eigenvalue weighted by molar-refractivity contribution is 7.13. The molecule has 0 atom stereocenters. The summed E-state index contributed by atoms with van der Waals surface area (Å²) in [4.78, 5) is 24.9. The number of benzene rings is 2. The van der Waals surface area contributed by atoms with Crippen molar-refractivity contribution < 1.29 is 9.59 Å². The zero-order chi connectivity index (χ0) is 15.4. The first kappa shape index (κ1) is 14.1. The second-order valence-electron chi connectivity index (χ2n) is 4.44. The minimum atomic E-state index is -0.378. The van der Waals surface area contributed by atoms with E-state index in [1.54, 1.807) is 48.5 Å². The second kappa shape index (κ2) is 6.28. The number of aromatic nitrogens is 2. The number of carbonyl (C=O) groups excluding carboxylic acids is 2. The summed E-state index contributed by atoms with van der Waals surface area (Å²) in [6, 6.07) is 15.6. The molecule has 0 aliphatic carbocycles. The van der Waals surface area contributed by atoms with E-state index < -0.39 is 0 Å². The Morgan fingerprint density at radius 2 is 1.59 bits per heavy atom. The lowest BCUT2D eigenvalue weighted by Crippen LogP contribution is -2.16. The predicted molar refractivity (Wildman–Crippen MR) is 84.2 cm³/mol. The molecule has 0 unspecified atom stereocenters. The van der Waals surface area contributed by atoms with E-state index >= 15 is 0 Å². The van der Waals surface area contributed by atoms with Gasteiger partial charge in [0.05, 0.1) is 5.56 Å². The summed E-state index contributed by atoms with van der Waals surface area (Å²) in [5.74, 6) is -0.569. The quantitative estimate of drug-likeness (QED) is 0.752. The molecule has 1 N–H and O–H groups in total. The lowest BCUT2D eigenvalue weighted by atomic mass is 9.98. The van der Waals surface area contributed by atoms with Crippen molar-refractivity contribution >= 4 is 28.2 Å². The van der Waals surface area contributed by atoms with Gasteiger partial charge in [-0.2, -0.15) is 0 Å². The molecule has 0 spiro atoms. The van der Waals surface area contributed by atoms with Gasteiger partial charge in [-0.15, -0.1) is 10.2 Å². The fourth-order valence-corrected chi connectivity index (χ4v) is 2.46. The Morgan fingerprint density at radius 1 is 0.909 bits per heavy atom. The normalized spacial score (nSPS) is 10.2. The molecule has 1 amide bonds.